The van der Waals surface area contributed by atoms with Crippen molar-refractivity contribution in [3.8, 4) is 0 Å². The summed E-state index contributed by atoms with van der Waals surface area (Å²) in [6.45, 7) is 14.0. The van der Waals surface area contributed by atoms with Gasteiger partial charge < -0.3 is 4.43 Å². The van der Waals surface area contributed by atoms with Crippen LogP contribution in [-0.4, -0.2) is 14.4 Å². The Hall–Kier alpha value is 0.177. The van der Waals surface area contributed by atoms with Crippen LogP contribution in [0.4, 0.5) is 0 Å². The summed E-state index contributed by atoms with van der Waals surface area (Å²) in [5.41, 5.74) is 0.718. The van der Waals surface area contributed by atoms with E-state index in [1.807, 2.05) is 0 Å². The molecule has 0 aromatic rings. The van der Waals surface area contributed by atoms with Crippen molar-refractivity contribution in [3.05, 3.63) is 0 Å². The quantitative estimate of drug-likeness (QED) is 0.241. The van der Waals surface area contributed by atoms with E-state index in [2.05, 4.69) is 40.8 Å². The average molecular weight is 315 g/mol. The molecule has 0 aliphatic rings. The molecule has 2 heteroatoms. The zero-order valence-corrected chi connectivity index (χ0v) is 16.8. The smallest absolute Gasteiger partial charge is 0.189 e. The SMILES string of the molecule is CCCCCCCCC(CCCCC)O[Si](C)(C)C(C)C. The summed E-state index contributed by atoms with van der Waals surface area (Å²) in [5.74, 6) is 0. The molecule has 0 spiro atoms. The van der Waals surface area contributed by atoms with E-state index >= 15 is 0 Å². The minimum atomic E-state index is -1.49. The molecule has 0 aromatic carbocycles. The molecule has 1 atom stereocenters. The molecular formula is C19H42OSi. The molecule has 0 N–H and O–H groups in total. The third-order valence-electron chi connectivity index (χ3n) is 4.87. The lowest BCUT2D eigenvalue weighted by Gasteiger charge is -2.32. The summed E-state index contributed by atoms with van der Waals surface area (Å²) >= 11 is 0. The second kappa shape index (κ2) is 12.7. The van der Waals surface area contributed by atoms with Crippen molar-refractivity contribution in [1.82, 2.24) is 0 Å². The first kappa shape index (κ1) is 21.2. The lowest BCUT2D eigenvalue weighted by molar-refractivity contribution is 0.160. The predicted octanol–water partition coefficient (Wildman–Crippen LogP) is 7.32. The molecule has 0 saturated carbocycles. The molecule has 1 unspecified atom stereocenters. The second-order valence-electron chi connectivity index (χ2n) is 7.55. The highest BCUT2D eigenvalue weighted by atomic mass is 28.4. The van der Waals surface area contributed by atoms with Crippen molar-refractivity contribution in [1.29, 1.82) is 0 Å². The van der Waals surface area contributed by atoms with Gasteiger partial charge in [0.1, 0.15) is 0 Å². The van der Waals surface area contributed by atoms with Gasteiger partial charge in [-0.25, -0.2) is 0 Å². The van der Waals surface area contributed by atoms with Crippen LogP contribution < -0.4 is 0 Å². The van der Waals surface area contributed by atoms with Gasteiger partial charge in [0, 0.05) is 6.10 Å². The molecule has 21 heavy (non-hydrogen) atoms. The van der Waals surface area contributed by atoms with Crippen molar-refractivity contribution in [2.24, 2.45) is 0 Å². The maximum absolute atomic E-state index is 6.61. The van der Waals surface area contributed by atoms with Gasteiger partial charge in [-0.3, -0.25) is 0 Å². The van der Waals surface area contributed by atoms with Crippen LogP contribution >= 0.6 is 0 Å². The highest BCUT2D eigenvalue weighted by Gasteiger charge is 2.29. The number of unbranched alkanes of at least 4 members (excludes halogenated alkanes) is 7. The van der Waals surface area contributed by atoms with Gasteiger partial charge in [0.2, 0.25) is 0 Å². The van der Waals surface area contributed by atoms with E-state index in [1.165, 1.54) is 70.6 Å². The molecule has 0 amide bonds. The van der Waals surface area contributed by atoms with Gasteiger partial charge in [0.15, 0.2) is 8.32 Å². The second-order valence-corrected chi connectivity index (χ2v) is 12.1. The van der Waals surface area contributed by atoms with Crippen LogP contribution in [0.15, 0.2) is 0 Å². The van der Waals surface area contributed by atoms with Crippen molar-refractivity contribution in [2.75, 3.05) is 0 Å². The van der Waals surface area contributed by atoms with E-state index in [-0.39, 0.29) is 0 Å². The first-order chi connectivity index (χ1) is 9.94. The topological polar surface area (TPSA) is 9.23 Å². The zero-order valence-electron chi connectivity index (χ0n) is 15.8. The summed E-state index contributed by atoms with van der Waals surface area (Å²) in [5, 5.41) is 0. The number of hydrogen-bond acceptors (Lipinski definition) is 1. The molecule has 0 aliphatic heterocycles. The van der Waals surface area contributed by atoms with Gasteiger partial charge in [-0.05, 0) is 31.5 Å². The third-order valence-corrected chi connectivity index (χ3v) is 8.59. The molecule has 128 valence electrons. The third kappa shape index (κ3) is 11.4. The van der Waals surface area contributed by atoms with Crippen molar-refractivity contribution >= 4 is 8.32 Å². The molecule has 0 fully saturated rings. The fraction of sp³-hybridized carbons (Fsp3) is 1.00. The van der Waals surface area contributed by atoms with E-state index in [9.17, 15) is 0 Å². The molecule has 1 nitrogen and oxygen atoms in total. The largest absolute Gasteiger partial charge is 0.414 e. The van der Waals surface area contributed by atoms with Crippen LogP contribution in [0, 0.1) is 0 Å². The summed E-state index contributed by atoms with van der Waals surface area (Å²) < 4.78 is 6.61. The van der Waals surface area contributed by atoms with E-state index < -0.39 is 8.32 Å². The highest BCUT2D eigenvalue weighted by Crippen LogP contribution is 2.26. The molecular weight excluding hydrogens is 272 g/mol. The first-order valence-corrected chi connectivity index (χ1v) is 12.6. The Labute approximate surface area is 136 Å². The summed E-state index contributed by atoms with van der Waals surface area (Å²) in [4.78, 5) is 0. The fourth-order valence-corrected chi connectivity index (χ4v) is 3.97. The molecule has 0 heterocycles. The van der Waals surface area contributed by atoms with Crippen LogP contribution in [0.25, 0.3) is 0 Å². The molecule has 0 bridgehead atoms. The highest BCUT2D eigenvalue weighted by molar-refractivity contribution is 6.72. The minimum absolute atomic E-state index is 0.534. The maximum Gasteiger partial charge on any atom is 0.189 e. The Morgan fingerprint density at radius 2 is 1.14 bits per heavy atom. The molecule has 0 aromatic heterocycles. The van der Waals surface area contributed by atoms with Gasteiger partial charge in [0.25, 0.3) is 0 Å². The van der Waals surface area contributed by atoms with Gasteiger partial charge in [-0.2, -0.15) is 0 Å². The van der Waals surface area contributed by atoms with E-state index in [4.69, 9.17) is 4.43 Å². The normalized spacial score (nSPS) is 13.9. The van der Waals surface area contributed by atoms with Crippen molar-refractivity contribution in [2.45, 2.75) is 123 Å². The maximum atomic E-state index is 6.61. The standard InChI is InChI=1S/C19H42OSi/c1-7-9-11-12-13-15-17-19(16-14-10-8-2)20-21(5,6)18(3)4/h18-19H,7-17H2,1-6H3. The van der Waals surface area contributed by atoms with E-state index in [0.29, 0.717) is 6.10 Å². The van der Waals surface area contributed by atoms with Crippen LogP contribution in [0.1, 0.15) is 98.3 Å². The van der Waals surface area contributed by atoms with Crippen LogP contribution in [-0.2, 0) is 4.43 Å². The van der Waals surface area contributed by atoms with Crippen molar-refractivity contribution < 1.29 is 4.43 Å². The lowest BCUT2D eigenvalue weighted by atomic mass is 10.0. The van der Waals surface area contributed by atoms with Crippen LogP contribution in [0.5, 0.6) is 0 Å². The van der Waals surface area contributed by atoms with Crippen LogP contribution in [0.2, 0.25) is 18.6 Å². The Bertz CT molecular complexity index is 226. The predicted molar refractivity (Wildman–Crippen MR) is 99.6 cm³/mol. The van der Waals surface area contributed by atoms with E-state index in [1.54, 1.807) is 0 Å². The molecule has 0 saturated heterocycles. The van der Waals surface area contributed by atoms with E-state index in [0.717, 1.165) is 5.54 Å². The zero-order chi connectivity index (χ0) is 16.1. The van der Waals surface area contributed by atoms with Crippen molar-refractivity contribution in [3.63, 3.8) is 0 Å². The fourth-order valence-electron chi connectivity index (χ4n) is 2.60. The summed E-state index contributed by atoms with van der Waals surface area (Å²) in [6, 6.07) is 0. The van der Waals surface area contributed by atoms with Gasteiger partial charge in [-0.15, -0.1) is 0 Å². The Morgan fingerprint density at radius 3 is 1.67 bits per heavy atom. The summed E-state index contributed by atoms with van der Waals surface area (Å²) in [7, 11) is -1.49. The monoisotopic (exact) mass is 314 g/mol. The summed E-state index contributed by atoms with van der Waals surface area (Å²) in [6.07, 6.45) is 15.5. The van der Waals surface area contributed by atoms with Gasteiger partial charge in [-0.1, -0.05) is 85.5 Å². The molecule has 0 aliphatic carbocycles. The first-order valence-electron chi connectivity index (χ1n) is 9.61. The Kier molecular flexibility index (Phi) is 12.8. The lowest BCUT2D eigenvalue weighted by Crippen LogP contribution is -2.38. The molecule has 0 radical (unpaired) electrons. The van der Waals surface area contributed by atoms with Crippen LogP contribution in [0.3, 0.4) is 0 Å². The van der Waals surface area contributed by atoms with Gasteiger partial charge in [0.05, 0.1) is 0 Å². The Morgan fingerprint density at radius 1 is 0.714 bits per heavy atom. The van der Waals surface area contributed by atoms with Gasteiger partial charge >= 0.3 is 0 Å². The molecule has 0 rings (SSSR count). The number of hydrogen-bond donors (Lipinski definition) is 0. The Balaban J connectivity index is 4.08. The average Bonchev–Trinajstić information content (AvgIpc) is 2.42. The minimum Gasteiger partial charge on any atom is -0.414 e. The number of rotatable bonds is 14.